The zero-order valence-electron chi connectivity index (χ0n) is 14.2. The highest BCUT2D eigenvalue weighted by molar-refractivity contribution is 7.09. The zero-order chi connectivity index (χ0) is 17.6. The van der Waals surface area contributed by atoms with E-state index in [-0.39, 0.29) is 17.9 Å². The Morgan fingerprint density at radius 3 is 2.88 bits per heavy atom. The molecule has 0 aliphatic rings. The van der Waals surface area contributed by atoms with Crippen LogP contribution in [0.3, 0.4) is 0 Å². The molecule has 7 heteroatoms. The number of hydrogen-bond donors (Lipinski definition) is 1. The Morgan fingerprint density at radius 2 is 2.20 bits per heavy atom. The van der Waals surface area contributed by atoms with Gasteiger partial charge in [0, 0.05) is 29.3 Å². The van der Waals surface area contributed by atoms with Crippen molar-refractivity contribution in [2.45, 2.75) is 32.7 Å². The Labute approximate surface area is 150 Å². The molecule has 1 atom stereocenters. The lowest BCUT2D eigenvalue weighted by molar-refractivity contribution is -0.122. The van der Waals surface area contributed by atoms with Crippen molar-refractivity contribution in [2.24, 2.45) is 5.92 Å². The molecule has 1 N–H and O–H groups in total. The molecule has 0 aliphatic carbocycles. The molecule has 0 saturated carbocycles. The quantitative estimate of drug-likeness (QED) is 0.699. The molecule has 3 aromatic heterocycles. The molecule has 0 saturated heterocycles. The third kappa shape index (κ3) is 4.51. The third-order valence-electron chi connectivity index (χ3n) is 3.79. The fourth-order valence-electron chi connectivity index (χ4n) is 2.42. The summed E-state index contributed by atoms with van der Waals surface area (Å²) in [6.07, 6.45) is 4.54. The van der Waals surface area contributed by atoms with Gasteiger partial charge in [0.05, 0.1) is 0 Å². The topological polar surface area (TPSA) is 80.9 Å². The van der Waals surface area contributed by atoms with E-state index in [1.165, 1.54) is 4.88 Å². The summed E-state index contributed by atoms with van der Waals surface area (Å²) in [6.45, 7) is 4.02. The molecule has 0 bridgehead atoms. The van der Waals surface area contributed by atoms with Crippen LogP contribution in [0.1, 0.15) is 37.1 Å². The van der Waals surface area contributed by atoms with Crippen molar-refractivity contribution in [3.8, 4) is 11.4 Å². The minimum absolute atomic E-state index is 0.0202. The van der Waals surface area contributed by atoms with Crippen molar-refractivity contribution < 1.29 is 9.32 Å². The molecule has 1 unspecified atom stereocenters. The smallest absolute Gasteiger partial charge is 0.249 e. The lowest BCUT2D eigenvalue weighted by Crippen LogP contribution is -2.32. The summed E-state index contributed by atoms with van der Waals surface area (Å²) in [5.41, 5.74) is 0.782. The van der Waals surface area contributed by atoms with Gasteiger partial charge in [0.2, 0.25) is 17.6 Å². The number of rotatable bonds is 7. The second-order valence-electron chi connectivity index (χ2n) is 6.07. The Hall–Kier alpha value is -2.54. The summed E-state index contributed by atoms with van der Waals surface area (Å²) in [5, 5.41) is 9.04. The van der Waals surface area contributed by atoms with Gasteiger partial charge in [-0.15, -0.1) is 11.3 Å². The molecule has 3 heterocycles. The van der Waals surface area contributed by atoms with Gasteiger partial charge < -0.3 is 9.84 Å². The molecule has 1 amide bonds. The van der Waals surface area contributed by atoms with Gasteiger partial charge in [-0.3, -0.25) is 9.78 Å². The van der Waals surface area contributed by atoms with Crippen molar-refractivity contribution in [3.63, 3.8) is 0 Å². The Kier molecular flexibility index (Phi) is 5.55. The number of hydrogen-bond acceptors (Lipinski definition) is 6. The van der Waals surface area contributed by atoms with Crippen LogP contribution in [-0.4, -0.2) is 21.0 Å². The SMILES string of the molecule is CC(C)C(NC(=O)CCc1cccs1)c1nc(-c2cccnc2)no1. The highest BCUT2D eigenvalue weighted by Gasteiger charge is 2.24. The molecule has 3 aromatic rings. The number of carbonyl (C=O) groups is 1. The van der Waals surface area contributed by atoms with Crippen LogP contribution in [0.5, 0.6) is 0 Å². The second kappa shape index (κ2) is 8.02. The number of carbonyl (C=O) groups excluding carboxylic acids is 1. The zero-order valence-corrected chi connectivity index (χ0v) is 15.0. The van der Waals surface area contributed by atoms with Crippen LogP contribution < -0.4 is 5.32 Å². The number of amides is 1. The predicted molar refractivity (Wildman–Crippen MR) is 95.9 cm³/mol. The predicted octanol–water partition coefficient (Wildman–Crippen LogP) is 3.64. The van der Waals surface area contributed by atoms with Crippen LogP contribution in [0.4, 0.5) is 0 Å². The van der Waals surface area contributed by atoms with E-state index in [0.717, 1.165) is 12.0 Å². The first-order valence-electron chi connectivity index (χ1n) is 8.19. The van der Waals surface area contributed by atoms with Gasteiger partial charge >= 0.3 is 0 Å². The van der Waals surface area contributed by atoms with E-state index in [2.05, 4.69) is 20.4 Å². The number of thiophene rings is 1. The van der Waals surface area contributed by atoms with E-state index >= 15 is 0 Å². The molecule has 0 spiro atoms. The average Bonchev–Trinajstić information content (AvgIpc) is 3.30. The van der Waals surface area contributed by atoms with E-state index in [0.29, 0.717) is 18.1 Å². The number of nitrogens with one attached hydrogen (secondary N) is 1. The summed E-state index contributed by atoms with van der Waals surface area (Å²) in [4.78, 5) is 22.0. The molecular weight excluding hydrogens is 336 g/mol. The van der Waals surface area contributed by atoms with Crippen LogP contribution in [0.25, 0.3) is 11.4 Å². The van der Waals surface area contributed by atoms with Crippen molar-refractivity contribution in [2.75, 3.05) is 0 Å². The Balaban J connectivity index is 1.67. The summed E-state index contributed by atoms with van der Waals surface area (Å²) in [6, 6.07) is 7.40. The fourth-order valence-corrected chi connectivity index (χ4v) is 3.13. The summed E-state index contributed by atoms with van der Waals surface area (Å²) < 4.78 is 5.39. The first kappa shape index (κ1) is 17.3. The molecule has 3 rings (SSSR count). The second-order valence-corrected chi connectivity index (χ2v) is 7.10. The van der Waals surface area contributed by atoms with Gasteiger partial charge in [0.1, 0.15) is 6.04 Å². The van der Waals surface area contributed by atoms with E-state index < -0.39 is 0 Å². The van der Waals surface area contributed by atoms with Crippen molar-refractivity contribution in [1.29, 1.82) is 0 Å². The summed E-state index contributed by atoms with van der Waals surface area (Å²) >= 11 is 1.66. The van der Waals surface area contributed by atoms with Gasteiger partial charge in [-0.05, 0) is 35.9 Å². The minimum atomic E-state index is -0.311. The monoisotopic (exact) mass is 356 g/mol. The fraction of sp³-hybridized carbons (Fsp3) is 0.333. The molecule has 0 aliphatic heterocycles. The van der Waals surface area contributed by atoms with E-state index in [1.807, 2.05) is 43.5 Å². The van der Waals surface area contributed by atoms with Crippen molar-refractivity contribution in [1.82, 2.24) is 20.4 Å². The molecule has 6 nitrogen and oxygen atoms in total. The minimum Gasteiger partial charge on any atom is -0.344 e. The number of aromatic nitrogens is 3. The van der Waals surface area contributed by atoms with Crippen LogP contribution in [0.2, 0.25) is 0 Å². The Bertz CT molecular complexity index is 800. The highest BCUT2D eigenvalue weighted by Crippen LogP contribution is 2.23. The summed E-state index contributed by atoms with van der Waals surface area (Å²) in [5.74, 6) is 1.00. The van der Waals surface area contributed by atoms with Crippen LogP contribution in [0.15, 0.2) is 46.6 Å². The van der Waals surface area contributed by atoms with Crippen LogP contribution in [-0.2, 0) is 11.2 Å². The van der Waals surface area contributed by atoms with E-state index in [9.17, 15) is 4.79 Å². The summed E-state index contributed by atoms with van der Waals surface area (Å²) in [7, 11) is 0. The maximum absolute atomic E-state index is 12.3. The third-order valence-corrected chi connectivity index (χ3v) is 4.73. The van der Waals surface area contributed by atoms with Crippen molar-refractivity contribution >= 4 is 17.2 Å². The molecule has 130 valence electrons. The molecule has 0 fully saturated rings. The lowest BCUT2D eigenvalue weighted by Gasteiger charge is -2.18. The van der Waals surface area contributed by atoms with Gasteiger partial charge in [-0.2, -0.15) is 4.98 Å². The first-order chi connectivity index (χ1) is 12.1. The maximum Gasteiger partial charge on any atom is 0.249 e. The number of aryl methyl sites for hydroxylation is 1. The van der Waals surface area contributed by atoms with E-state index in [1.54, 1.807) is 23.7 Å². The molecule has 0 radical (unpaired) electrons. The Morgan fingerprint density at radius 1 is 1.32 bits per heavy atom. The lowest BCUT2D eigenvalue weighted by atomic mass is 10.0. The maximum atomic E-state index is 12.3. The number of pyridine rings is 1. The highest BCUT2D eigenvalue weighted by atomic mass is 32.1. The molecule has 25 heavy (non-hydrogen) atoms. The van der Waals surface area contributed by atoms with Gasteiger partial charge in [0.15, 0.2) is 0 Å². The standard InChI is InChI=1S/C18H20N4O2S/c1-12(2)16(20-15(23)8-7-14-6-4-10-25-14)18-21-17(22-24-18)13-5-3-9-19-11-13/h3-6,9-12,16H,7-8H2,1-2H3,(H,20,23). The van der Waals surface area contributed by atoms with Crippen LogP contribution in [0, 0.1) is 5.92 Å². The molecule has 0 aromatic carbocycles. The molecular formula is C18H20N4O2S. The van der Waals surface area contributed by atoms with Gasteiger partial charge in [-0.25, -0.2) is 0 Å². The largest absolute Gasteiger partial charge is 0.344 e. The van der Waals surface area contributed by atoms with Crippen LogP contribution >= 0.6 is 11.3 Å². The van der Waals surface area contributed by atoms with Gasteiger partial charge in [0.25, 0.3) is 0 Å². The first-order valence-corrected chi connectivity index (χ1v) is 9.07. The van der Waals surface area contributed by atoms with E-state index in [4.69, 9.17) is 4.52 Å². The number of nitrogens with zero attached hydrogens (tertiary/aromatic N) is 3. The van der Waals surface area contributed by atoms with Gasteiger partial charge in [-0.1, -0.05) is 25.1 Å². The van der Waals surface area contributed by atoms with Crippen molar-refractivity contribution in [3.05, 3.63) is 52.8 Å². The normalized spacial score (nSPS) is 12.3. The average molecular weight is 356 g/mol.